The Morgan fingerprint density at radius 3 is 2.00 bits per heavy atom. The van der Waals surface area contributed by atoms with Crippen LogP contribution in [0, 0.1) is 0 Å². The maximum atomic E-state index is 11.0. The highest BCUT2D eigenvalue weighted by molar-refractivity contribution is 7.26. The molecule has 0 aromatic carbocycles. The van der Waals surface area contributed by atoms with Crippen LogP contribution in [0.1, 0.15) is 59.3 Å². The van der Waals surface area contributed by atoms with Crippen LogP contribution in [0.4, 0.5) is 0 Å². The topological polar surface area (TPSA) is 17.1 Å². The zero-order chi connectivity index (χ0) is 9.45. The maximum absolute atomic E-state index is 11.0. The van der Waals surface area contributed by atoms with Gasteiger partial charge in [0.2, 0.25) is 0 Å². The quantitative estimate of drug-likeness (QED) is 0.427. The standard InChI is InChI=1S/C10H21OP/c1-4-7-8-9-10(5-2,6-3)12-11/h4-9H2,1-3H3. The first-order chi connectivity index (χ1) is 5.74. The summed E-state index contributed by atoms with van der Waals surface area (Å²) in [6.45, 7) is 6.48. The molecule has 0 unspecified atom stereocenters. The van der Waals surface area contributed by atoms with E-state index >= 15 is 0 Å². The fourth-order valence-electron chi connectivity index (χ4n) is 1.48. The Hall–Kier alpha value is 0.100. The van der Waals surface area contributed by atoms with Crippen molar-refractivity contribution < 1.29 is 4.57 Å². The molecule has 0 radical (unpaired) electrons. The van der Waals surface area contributed by atoms with E-state index in [1.807, 2.05) is 0 Å². The summed E-state index contributed by atoms with van der Waals surface area (Å²) in [4.78, 5) is 0. The van der Waals surface area contributed by atoms with Gasteiger partial charge in [0.25, 0.3) is 0 Å². The zero-order valence-electron chi connectivity index (χ0n) is 8.60. The largest absolute Gasteiger partial charge is 0.274 e. The van der Waals surface area contributed by atoms with E-state index < -0.39 is 0 Å². The van der Waals surface area contributed by atoms with Crippen molar-refractivity contribution in [1.82, 2.24) is 0 Å². The van der Waals surface area contributed by atoms with Crippen LogP contribution in [-0.4, -0.2) is 5.16 Å². The maximum Gasteiger partial charge on any atom is 0.162 e. The van der Waals surface area contributed by atoms with Crippen molar-refractivity contribution in [3.8, 4) is 0 Å². The Morgan fingerprint density at radius 2 is 1.67 bits per heavy atom. The molecular formula is C10H21OP. The molecule has 0 aliphatic rings. The molecule has 1 nitrogen and oxygen atoms in total. The van der Waals surface area contributed by atoms with Gasteiger partial charge in [-0.15, -0.1) is 0 Å². The molecule has 0 aliphatic carbocycles. The SMILES string of the molecule is CCCCCC(CC)(CC)P=O. The van der Waals surface area contributed by atoms with Crippen LogP contribution >= 0.6 is 8.46 Å². The van der Waals surface area contributed by atoms with Gasteiger partial charge in [-0.3, -0.25) is 4.57 Å². The molecule has 0 aromatic rings. The molecule has 2 heteroatoms. The first-order valence-corrected chi connectivity index (χ1v) is 5.90. The van der Waals surface area contributed by atoms with E-state index in [0.29, 0.717) is 8.46 Å². The fraction of sp³-hybridized carbons (Fsp3) is 1.00. The van der Waals surface area contributed by atoms with Crippen molar-refractivity contribution in [1.29, 1.82) is 0 Å². The van der Waals surface area contributed by atoms with Crippen molar-refractivity contribution in [2.75, 3.05) is 0 Å². The van der Waals surface area contributed by atoms with Crippen molar-refractivity contribution in [3.05, 3.63) is 0 Å². The molecule has 0 N–H and O–H groups in total. The summed E-state index contributed by atoms with van der Waals surface area (Å²) in [6, 6.07) is 0. The molecule has 0 aromatic heterocycles. The minimum atomic E-state index is 0.0924. The van der Waals surface area contributed by atoms with Gasteiger partial charge in [0.1, 0.15) is 0 Å². The lowest BCUT2D eigenvalue weighted by Gasteiger charge is -2.23. The number of hydrogen-bond acceptors (Lipinski definition) is 1. The molecule has 0 aliphatic heterocycles. The fourth-order valence-corrected chi connectivity index (χ4v) is 1.99. The summed E-state index contributed by atoms with van der Waals surface area (Å²) < 4.78 is 11.0. The smallest absolute Gasteiger partial charge is 0.162 e. The number of hydrogen-bond donors (Lipinski definition) is 0. The summed E-state index contributed by atoms with van der Waals surface area (Å²) in [6.07, 6.45) is 6.96. The molecule has 0 saturated heterocycles. The minimum absolute atomic E-state index is 0.0924. The highest BCUT2D eigenvalue weighted by Crippen LogP contribution is 2.35. The third-order valence-electron chi connectivity index (χ3n) is 2.76. The molecule has 0 amide bonds. The summed E-state index contributed by atoms with van der Waals surface area (Å²) in [5.41, 5.74) is 0. The Balaban J connectivity index is 3.84. The van der Waals surface area contributed by atoms with Crippen LogP contribution in [0.15, 0.2) is 0 Å². The lowest BCUT2D eigenvalue weighted by molar-refractivity contribution is 0.454. The second-order valence-electron chi connectivity index (χ2n) is 3.48. The van der Waals surface area contributed by atoms with Gasteiger partial charge in [-0.05, 0) is 19.3 Å². The second-order valence-corrected chi connectivity index (χ2v) is 4.61. The highest BCUT2D eigenvalue weighted by atomic mass is 31.1. The number of unbranched alkanes of at least 4 members (excludes halogenated alkanes) is 2. The lowest BCUT2D eigenvalue weighted by Crippen LogP contribution is -2.18. The van der Waals surface area contributed by atoms with E-state index in [9.17, 15) is 4.57 Å². The van der Waals surface area contributed by atoms with Crippen molar-refractivity contribution >= 4 is 8.46 Å². The van der Waals surface area contributed by atoms with E-state index in [4.69, 9.17) is 0 Å². The Kier molecular flexibility index (Phi) is 6.65. The predicted molar refractivity (Wildman–Crippen MR) is 55.1 cm³/mol. The van der Waals surface area contributed by atoms with Crippen LogP contribution in [0.3, 0.4) is 0 Å². The lowest BCUT2D eigenvalue weighted by atomic mass is 9.95. The van der Waals surface area contributed by atoms with Crippen LogP contribution in [0.2, 0.25) is 0 Å². The highest BCUT2D eigenvalue weighted by Gasteiger charge is 2.25. The normalized spacial score (nSPS) is 12.2. The average molecular weight is 188 g/mol. The van der Waals surface area contributed by atoms with Crippen molar-refractivity contribution in [2.45, 2.75) is 64.5 Å². The van der Waals surface area contributed by atoms with Gasteiger partial charge in [0.15, 0.2) is 8.46 Å². The third-order valence-corrected chi connectivity index (χ3v) is 4.00. The molecule has 12 heavy (non-hydrogen) atoms. The van der Waals surface area contributed by atoms with E-state index in [1.165, 1.54) is 19.3 Å². The van der Waals surface area contributed by atoms with E-state index in [0.717, 1.165) is 19.3 Å². The van der Waals surface area contributed by atoms with Gasteiger partial charge in [-0.25, -0.2) is 0 Å². The van der Waals surface area contributed by atoms with Gasteiger partial charge < -0.3 is 0 Å². The average Bonchev–Trinajstić information content (AvgIpc) is 2.14. The third kappa shape index (κ3) is 3.67. The summed E-state index contributed by atoms with van der Waals surface area (Å²) in [5, 5.41) is 0.0924. The van der Waals surface area contributed by atoms with Gasteiger partial charge in [-0.2, -0.15) is 0 Å². The van der Waals surface area contributed by atoms with E-state index in [1.54, 1.807) is 0 Å². The first kappa shape index (κ1) is 12.1. The monoisotopic (exact) mass is 188 g/mol. The second kappa shape index (κ2) is 6.60. The summed E-state index contributed by atoms with van der Waals surface area (Å²) in [7, 11) is 0.349. The minimum Gasteiger partial charge on any atom is -0.274 e. The molecule has 0 rings (SSSR count). The Labute approximate surface area is 78.1 Å². The molecule has 0 saturated carbocycles. The molecule has 0 atom stereocenters. The molecule has 0 bridgehead atoms. The van der Waals surface area contributed by atoms with Crippen molar-refractivity contribution in [3.63, 3.8) is 0 Å². The summed E-state index contributed by atoms with van der Waals surface area (Å²) in [5.74, 6) is 0. The van der Waals surface area contributed by atoms with Gasteiger partial charge in [0, 0.05) is 0 Å². The molecule has 72 valence electrons. The Morgan fingerprint density at radius 1 is 1.08 bits per heavy atom. The van der Waals surface area contributed by atoms with E-state index in [-0.39, 0.29) is 5.16 Å². The summed E-state index contributed by atoms with van der Waals surface area (Å²) >= 11 is 0. The first-order valence-electron chi connectivity index (χ1n) is 5.09. The van der Waals surface area contributed by atoms with Crippen LogP contribution in [0.5, 0.6) is 0 Å². The van der Waals surface area contributed by atoms with Crippen LogP contribution < -0.4 is 0 Å². The van der Waals surface area contributed by atoms with Crippen molar-refractivity contribution in [2.24, 2.45) is 0 Å². The predicted octanol–water partition coefficient (Wildman–Crippen LogP) is 4.42. The zero-order valence-corrected chi connectivity index (χ0v) is 9.49. The molecule has 0 spiro atoms. The molecule has 0 heterocycles. The molecular weight excluding hydrogens is 167 g/mol. The van der Waals surface area contributed by atoms with Crippen LogP contribution in [-0.2, 0) is 4.57 Å². The Bertz CT molecular complexity index is 119. The van der Waals surface area contributed by atoms with Crippen LogP contribution in [0.25, 0.3) is 0 Å². The molecule has 0 fully saturated rings. The number of rotatable bonds is 7. The van der Waals surface area contributed by atoms with Gasteiger partial charge >= 0.3 is 0 Å². The van der Waals surface area contributed by atoms with Gasteiger partial charge in [0.05, 0.1) is 5.16 Å². The van der Waals surface area contributed by atoms with E-state index in [2.05, 4.69) is 20.8 Å². The van der Waals surface area contributed by atoms with Gasteiger partial charge in [-0.1, -0.05) is 40.0 Å².